The van der Waals surface area contributed by atoms with E-state index in [1.807, 2.05) is 6.92 Å². The van der Waals surface area contributed by atoms with Crippen molar-refractivity contribution in [2.45, 2.75) is 13.0 Å². The predicted octanol–water partition coefficient (Wildman–Crippen LogP) is 1.68. The lowest BCUT2D eigenvalue weighted by Gasteiger charge is -2.39. The van der Waals surface area contributed by atoms with Crippen LogP contribution >= 0.6 is 0 Å². The molecule has 0 aliphatic carbocycles. The first kappa shape index (κ1) is 23.9. The normalized spacial score (nSPS) is 15.6. The maximum Gasteiger partial charge on any atom is 0.295 e. The third-order valence-electron chi connectivity index (χ3n) is 6.27. The largest absolute Gasteiger partial charge is 0.494 e. The Balaban J connectivity index is 1.40. The van der Waals surface area contributed by atoms with Crippen LogP contribution in [-0.2, 0) is 4.79 Å². The van der Waals surface area contributed by atoms with E-state index in [2.05, 4.69) is 24.9 Å². The summed E-state index contributed by atoms with van der Waals surface area (Å²) in [7, 11) is 1.44. The molecule has 0 bridgehead atoms. The Morgan fingerprint density at radius 1 is 1.08 bits per heavy atom. The van der Waals surface area contributed by atoms with Crippen molar-refractivity contribution >= 4 is 28.5 Å². The molecular formula is C25H23N7O5. The Bertz CT molecular complexity index is 1490. The molecule has 12 nitrogen and oxygen atoms in total. The number of ketones is 1. The number of aromatic hydroxyl groups is 1. The average molecular weight is 502 g/mol. The summed E-state index contributed by atoms with van der Waals surface area (Å²) in [6.45, 7) is 2.53. The van der Waals surface area contributed by atoms with E-state index in [0.717, 1.165) is 0 Å². The van der Waals surface area contributed by atoms with Gasteiger partial charge in [-0.2, -0.15) is 0 Å². The van der Waals surface area contributed by atoms with E-state index in [4.69, 9.17) is 4.74 Å². The maximum absolute atomic E-state index is 13.4. The summed E-state index contributed by atoms with van der Waals surface area (Å²) < 4.78 is 5.43. The van der Waals surface area contributed by atoms with Crippen LogP contribution in [-0.4, -0.2) is 90.2 Å². The van der Waals surface area contributed by atoms with Crippen molar-refractivity contribution in [3.8, 4) is 23.0 Å². The number of hydrogen-bond acceptors (Lipinski definition) is 9. The van der Waals surface area contributed by atoms with Gasteiger partial charge in [-0.05, 0) is 19.1 Å². The molecule has 4 aromatic rings. The van der Waals surface area contributed by atoms with Crippen molar-refractivity contribution in [2.24, 2.45) is 0 Å². The van der Waals surface area contributed by atoms with Crippen molar-refractivity contribution in [3.63, 3.8) is 0 Å². The molecule has 37 heavy (non-hydrogen) atoms. The number of Topliss-reactive ketones (excluding diaryl/α,β-unsaturated/α-hetero) is 1. The number of nitrogens with zero attached hydrogens (tertiary/aromatic N) is 6. The number of pyridine rings is 2. The van der Waals surface area contributed by atoms with Gasteiger partial charge in [0.2, 0.25) is 5.88 Å². The van der Waals surface area contributed by atoms with E-state index in [1.54, 1.807) is 29.3 Å². The van der Waals surface area contributed by atoms with Crippen LogP contribution in [0.3, 0.4) is 0 Å². The van der Waals surface area contributed by atoms with E-state index in [9.17, 15) is 19.5 Å². The second kappa shape index (κ2) is 9.64. The first-order valence-corrected chi connectivity index (χ1v) is 11.5. The van der Waals surface area contributed by atoms with Gasteiger partial charge in [-0.15, -0.1) is 0 Å². The van der Waals surface area contributed by atoms with Gasteiger partial charge in [-0.3, -0.25) is 19.4 Å². The SMILES string of the molecule is COc1cnc(-c2cnc(O)cn2)c2[nH]cc(C(=O)C(=O)N3CCN(C(=O)c4ccccn4)[C@H](C)C3)c12. The molecule has 1 atom stereocenters. The van der Waals surface area contributed by atoms with Gasteiger partial charge in [0.1, 0.15) is 22.8 Å². The quantitative estimate of drug-likeness (QED) is 0.307. The van der Waals surface area contributed by atoms with E-state index < -0.39 is 11.7 Å². The number of methoxy groups -OCH3 is 1. The summed E-state index contributed by atoms with van der Waals surface area (Å²) in [6, 6.07) is 4.82. The van der Waals surface area contributed by atoms with Crippen LogP contribution in [0.4, 0.5) is 0 Å². The average Bonchev–Trinajstić information content (AvgIpc) is 3.38. The summed E-state index contributed by atoms with van der Waals surface area (Å²) in [4.78, 5) is 62.0. The van der Waals surface area contributed by atoms with Gasteiger partial charge in [0.05, 0.1) is 42.2 Å². The molecule has 0 unspecified atom stereocenters. The standard InChI is InChI=1S/C25H23N7O5/c1-14-13-31(7-8-32(14)24(35)16-5-3-4-6-26-16)25(36)23(34)15-9-29-22-20(15)18(37-2)11-30-21(22)17-10-28-19(33)12-27-17/h3-6,9-12,14,29H,7-8,13H2,1-2H3,(H,28,33)/t14-/m1/s1. The smallest absolute Gasteiger partial charge is 0.295 e. The third-order valence-corrected chi connectivity index (χ3v) is 6.27. The van der Waals surface area contributed by atoms with Crippen molar-refractivity contribution in [1.82, 2.24) is 34.7 Å². The molecule has 1 aliphatic heterocycles. The number of carbonyl (C=O) groups excluding carboxylic acids is 3. The number of aromatic amines is 1. The summed E-state index contributed by atoms with van der Waals surface area (Å²) in [5.74, 6) is -1.54. The number of aromatic nitrogens is 5. The van der Waals surface area contributed by atoms with Crippen LogP contribution < -0.4 is 4.74 Å². The van der Waals surface area contributed by atoms with E-state index in [1.165, 1.54) is 36.8 Å². The summed E-state index contributed by atoms with van der Waals surface area (Å²) in [5, 5.41) is 9.84. The summed E-state index contributed by atoms with van der Waals surface area (Å²) in [6.07, 6.45) is 6.97. The molecule has 2 amide bonds. The number of rotatable bonds is 5. The third kappa shape index (κ3) is 4.33. The maximum atomic E-state index is 13.4. The van der Waals surface area contributed by atoms with E-state index in [-0.39, 0.29) is 43.0 Å². The highest BCUT2D eigenvalue weighted by Crippen LogP contribution is 2.34. The van der Waals surface area contributed by atoms with Gasteiger partial charge >= 0.3 is 0 Å². The fourth-order valence-corrected chi connectivity index (χ4v) is 4.43. The lowest BCUT2D eigenvalue weighted by molar-refractivity contribution is -0.128. The molecule has 5 rings (SSSR count). The predicted molar refractivity (Wildman–Crippen MR) is 131 cm³/mol. The molecular weight excluding hydrogens is 478 g/mol. The van der Waals surface area contributed by atoms with E-state index in [0.29, 0.717) is 33.7 Å². The van der Waals surface area contributed by atoms with Gasteiger partial charge in [-0.25, -0.2) is 15.0 Å². The lowest BCUT2D eigenvalue weighted by Crippen LogP contribution is -2.56. The van der Waals surface area contributed by atoms with Gasteiger partial charge in [-0.1, -0.05) is 6.07 Å². The molecule has 12 heteroatoms. The minimum atomic E-state index is -0.713. The van der Waals surface area contributed by atoms with Crippen LogP contribution in [0.25, 0.3) is 22.3 Å². The number of amides is 2. The molecule has 0 radical (unpaired) electrons. The fraction of sp³-hybridized carbons (Fsp3) is 0.240. The van der Waals surface area contributed by atoms with Gasteiger partial charge in [0, 0.05) is 38.1 Å². The Morgan fingerprint density at radius 2 is 1.92 bits per heavy atom. The molecule has 4 aromatic heterocycles. The number of nitrogens with one attached hydrogen (secondary N) is 1. The second-order valence-electron chi connectivity index (χ2n) is 8.53. The van der Waals surface area contributed by atoms with Crippen molar-refractivity contribution in [3.05, 3.63) is 60.4 Å². The van der Waals surface area contributed by atoms with Gasteiger partial charge < -0.3 is 24.6 Å². The zero-order valence-corrected chi connectivity index (χ0v) is 20.1. The molecule has 0 saturated carbocycles. The topological polar surface area (TPSA) is 154 Å². The van der Waals surface area contributed by atoms with Crippen LogP contribution in [0.5, 0.6) is 11.6 Å². The molecule has 1 aliphatic rings. The highest BCUT2D eigenvalue weighted by Gasteiger charge is 2.34. The molecule has 0 aromatic carbocycles. The highest BCUT2D eigenvalue weighted by atomic mass is 16.5. The fourth-order valence-electron chi connectivity index (χ4n) is 4.43. The van der Waals surface area contributed by atoms with Crippen LogP contribution in [0.2, 0.25) is 0 Å². The molecule has 0 spiro atoms. The first-order chi connectivity index (χ1) is 17.9. The van der Waals surface area contributed by atoms with Gasteiger partial charge in [0.15, 0.2) is 0 Å². The molecule has 5 heterocycles. The minimum Gasteiger partial charge on any atom is -0.494 e. The molecule has 1 saturated heterocycles. The van der Waals surface area contributed by atoms with Crippen LogP contribution in [0.15, 0.2) is 49.2 Å². The zero-order chi connectivity index (χ0) is 26.1. The Hall–Kier alpha value is -4.87. The number of carbonyl (C=O) groups is 3. The monoisotopic (exact) mass is 501 g/mol. The van der Waals surface area contributed by atoms with Crippen LogP contribution in [0.1, 0.15) is 27.8 Å². The Kier molecular flexibility index (Phi) is 6.22. The van der Waals surface area contributed by atoms with Gasteiger partial charge in [0.25, 0.3) is 17.6 Å². The summed E-state index contributed by atoms with van der Waals surface area (Å²) >= 11 is 0. The first-order valence-electron chi connectivity index (χ1n) is 11.5. The Labute approximate surface area is 211 Å². The molecule has 188 valence electrons. The lowest BCUT2D eigenvalue weighted by atomic mass is 10.1. The molecule has 1 fully saturated rings. The minimum absolute atomic E-state index is 0.131. The number of fused-ring (bicyclic) bond motifs is 1. The highest BCUT2D eigenvalue weighted by molar-refractivity contribution is 6.45. The Morgan fingerprint density at radius 3 is 2.59 bits per heavy atom. The number of ether oxygens (including phenoxy) is 1. The number of hydrogen-bond donors (Lipinski definition) is 2. The number of piperazine rings is 1. The summed E-state index contributed by atoms with van der Waals surface area (Å²) in [5.41, 5.74) is 1.64. The van der Waals surface area contributed by atoms with Crippen molar-refractivity contribution in [2.75, 3.05) is 26.7 Å². The number of H-pyrrole nitrogens is 1. The second-order valence-corrected chi connectivity index (χ2v) is 8.53. The van der Waals surface area contributed by atoms with Crippen molar-refractivity contribution < 1.29 is 24.2 Å². The van der Waals surface area contributed by atoms with Crippen molar-refractivity contribution in [1.29, 1.82) is 0 Å². The van der Waals surface area contributed by atoms with E-state index >= 15 is 0 Å². The molecule has 2 N–H and O–H groups in total. The zero-order valence-electron chi connectivity index (χ0n) is 20.1. The van der Waals surface area contributed by atoms with Crippen LogP contribution in [0, 0.1) is 0 Å².